The largest absolute Gasteiger partial charge is 0.497 e. The molecule has 0 aliphatic carbocycles. The summed E-state index contributed by atoms with van der Waals surface area (Å²) in [5.41, 5.74) is 3.69. The van der Waals surface area contributed by atoms with Gasteiger partial charge in [-0.25, -0.2) is 4.79 Å². The molecule has 121 valence electrons. The smallest absolute Gasteiger partial charge is 0.335 e. The molecule has 0 fully saturated rings. The van der Waals surface area contributed by atoms with Crippen LogP contribution in [0.1, 0.15) is 27.0 Å². The van der Waals surface area contributed by atoms with Gasteiger partial charge in [0.2, 0.25) is 0 Å². The first-order valence-corrected chi connectivity index (χ1v) is 7.39. The molecule has 1 radical (unpaired) electrons. The van der Waals surface area contributed by atoms with Gasteiger partial charge in [-0.3, -0.25) is 4.90 Å². The molecule has 1 heterocycles. The van der Waals surface area contributed by atoms with E-state index in [0.29, 0.717) is 5.56 Å². The molecule has 1 aliphatic rings. The molecule has 1 aliphatic heterocycles. The van der Waals surface area contributed by atoms with E-state index < -0.39 is 5.97 Å². The van der Waals surface area contributed by atoms with Crippen molar-refractivity contribution in [1.82, 2.24) is 4.90 Å². The molecular formula is C18H19LiNO4. The predicted octanol–water partition coefficient (Wildman–Crippen LogP) is 2.54. The monoisotopic (exact) mass is 320 g/mol. The van der Waals surface area contributed by atoms with Crippen molar-refractivity contribution in [3.63, 3.8) is 0 Å². The van der Waals surface area contributed by atoms with Gasteiger partial charge < -0.3 is 14.6 Å². The van der Waals surface area contributed by atoms with Crippen LogP contribution in [0.15, 0.2) is 36.4 Å². The fourth-order valence-electron chi connectivity index (χ4n) is 2.93. The number of benzene rings is 2. The summed E-state index contributed by atoms with van der Waals surface area (Å²) in [5.74, 6) is 0.677. The van der Waals surface area contributed by atoms with E-state index >= 15 is 0 Å². The Morgan fingerprint density at radius 2 is 1.83 bits per heavy atom. The Hall–Kier alpha value is -1.93. The first-order chi connectivity index (χ1) is 11.1. The fraction of sp³-hybridized carbons (Fsp3) is 0.278. The Kier molecular flexibility index (Phi) is 5.95. The Bertz CT molecular complexity index is 748. The van der Waals surface area contributed by atoms with Crippen LogP contribution in [0, 0.1) is 0 Å². The number of fused-ring (bicyclic) bond motifs is 1. The Labute approximate surface area is 153 Å². The number of hydrogen-bond acceptors (Lipinski definition) is 4. The molecule has 2 aromatic rings. The Morgan fingerprint density at radius 3 is 2.50 bits per heavy atom. The topological polar surface area (TPSA) is 59.0 Å². The van der Waals surface area contributed by atoms with E-state index in [-0.39, 0.29) is 18.9 Å². The van der Waals surface area contributed by atoms with Crippen LogP contribution >= 0.6 is 0 Å². The second-order valence-electron chi connectivity index (χ2n) is 5.61. The summed E-state index contributed by atoms with van der Waals surface area (Å²) < 4.78 is 10.7. The third-order valence-corrected chi connectivity index (χ3v) is 4.13. The number of rotatable bonds is 5. The van der Waals surface area contributed by atoms with E-state index in [1.807, 2.05) is 24.3 Å². The van der Waals surface area contributed by atoms with E-state index in [9.17, 15) is 4.79 Å². The standard InChI is InChI=1S/C18H19NO4.Li/c1-22-16-6-5-14(17(8-16)23-2)10-19-9-13-4-3-12(18(20)21)7-15(13)11-19;/h3-8H,9-11H2,1-2H3,(H,20,21);. The second-order valence-corrected chi connectivity index (χ2v) is 5.61. The van der Waals surface area contributed by atoms with Crippen molar-refractivity contribution in [2.45, 2.75) is 19.6 Å². The molecule has 0 amide bonds. The molecule has 5 nitrogen and oxygen atoms in total. The number of carbonyl (C=O) groups is 1. The number of ether oxygens (including phenoxy) is 2. The van der Waals surface area contributed by atoms with Gasteiger partial charge in [0.05, 0.1) is 19.8 Å². The van der Waals surface area contributed by atoms with Crippen molar-refractivity contribution >= 4 is 24.8 Å². The van der Waals surface area contributed by atoms with Crippen molar-refractivity contribution in [1.29, 1.82) is 0 Å². The van der Waals surface area contributed by atoms with E-state index in [1.54, 1.807) is 26.4 Å². The number of carboxylic acid groups (broad SMARTS) is 1. The normalized spacial score (nSPS) is 13.1. The van der Waals surface area contributed by atoms with Gasteiger partial charge in [-0.15, -0.1) is 0 Å². The predicted molar refractivity (Wildman–Crippen MR) is 91.7 cm³/mol. The van der Waals surface area contributed by atoms with Gasteiger partial charge in [0.25, 0.3) is 0 Å². The van der Waals surface area contributed by atoms with Crippen molar-refractivity contribution in [2.24, 2.45) is 0 Å². The average molecular weight is 320 g/mol. The SMILES string of the molecule is COc1ccc(CN2Cc3ccc(C(=O)O)cc3C2)c(OC)c1.[Li]. The molecule has 1 N–H and O–H groups in total. The van der Waals surface area contributed by atoms with Crippen LogP contribution in [0.3, 0.4) is 0 Å². The van der Waals surface area contributed by atoms with E-state index in [4.69, 9.17) is 14.6 Å². The molecule has 0 bridgehead atoms. The van der Waals surface area contributed by atoms with Crippen LogP contribution < -0.4 is 9.47 Å². The number of methoxy groups -OCH3 is 2. The third-order valence-electron chi connectivity index (χ3n) is 4.13. The van der Waals surface area contributed by atoms with Crippen LogP contribution in [-0.2, 0) is 19.6 Å². The fourth-order valence-corrected chi connectivity index (χ4v) is 2.93. The van der Waals surface area contributed by atoms with Crippen LogP contribution in [0.4, 0.5) is 0 Å². The van der Waals surface area contributed by atoms with Crippen molar-refractivity contribution < 1.29 is 19.4 Å². The molecule has 2 aromatic carbocycles. The number of nitrogens with zero attached hydrogens (tertiary/aromatic N) is 1. The number of carboxylic acids is 1. The molecule has 3 rings (SSSR count). The molecule has 0 unspecified atom stereocenters. The number of aromatic carboxylic acids is 1. The third kappa shape index (κ3) is 3.76. The minimum atomic E-state index is -0.886. The average Bonchev–Trinajstić information content (AvgIpc) is 2.96. The maximum Gasteiger partial charge on any atom is 0.335 e. The van der Waals surface area contributed by atoms with E-state index in [0.717, 1.165) is 42.3 Å². The van der Waals surface area contributed by atoms with Gasteiger partial charge in [0.1, 0.15) is 11.5 Å². The van der Waals surface area contributed by atoms with Gasteiger partial charge in [0, 0.05) is 50.1 Å². The molecule has 0 spiro atoms. The van der Waals surface area contributed by atoms with Crippen molar-refractivity contribution in [3.05, 3.63) is 58.7 Å². The van der Waals surface area contributed by atoms with Gasteiger partial charge in [0.15, 0.2) is 0 Å². The van der Waals surface area contributed by atoms with Crippen LogP contribution in [-0.4, -0.2) is 49.1 Å². The summed E-state index contributed by atoms with van der Waals surface area (Å²) in [4.78, 5) is 13.3. The van der Waals surface area contributed by atoms with Crippen molar-refractivity contribution in [3.8, 4) is 11.5 Å². The van der Waals surface area contributed by atoms with Crippen LogP contribution in [0.5, 0.6) is 11.5 Å². The van der Waals surface area contributed by atoms with E-state index in [1.165, 1.54) is 5.56 Å². The molecular weight excluding hydrogens is 301 g/mol. The molecule has 6 heteroatoms. The Morgan fingerprint density at radius 1 is 1.08 bits per heavy atom. The van der Waals surface area contributed by atoms with Gasteiger partial charge >= 0.3 is 5.97 Å². The van der Waals surface area contributed by atoms with Gasteiger partial charge in [-0.1, -0.05) is 12.1 Å². The second kappa shape index (κ2) is 7.76. The minimum Gasteiger partial charge on any atom is -0.497 e. The summed E-state index contributed by atoms with van der Waals surface area (Å²) in [6.07, 6.45) is 0. The zero-order valence-corrected chi connectivity index (χ0v) is 14.2. The summed E-state index contributed by atoms with van der Waals surface area (Å²) >= 11 is 0. The quantitative estimate of drug-likeness (QED) is 0.858. The summed E-state index contributed by atoms with van der Waals surface area (Å²) in [6.45, 7) is 2.29. The number of hydrogen-bond donors (Lipinski definition) is 1. The Balaban J connectivity index is 0.00000208. The van der Waals surface area contributed by atoms with Gasteiger partial charge in [-0.05, 0) is 29.3 Å². The summed E-state index contributed by atoms with van der Waals surface area (Å²) in [7, 11) is 3.28. The van der Waals surface area contributed by atoms with Crippen molar-refractivity contribution in [2.75, 3.05) is 14.2 Å². The molecule has 0 atom stereocenters. The van der Waals surface area contributed by atoms with Crippen LogP contribution in [0.2, 0.25) is 0 Å². The zero-order chi connectivity index (χ0) is 16.4. The molecule has 0 saturated heterocycles. The first kappa shape index (κ1) is 18.4. The molecule has 0 saturated carbocycles. The van der Waals surface area contributed by atoms with Gasteiger partial charge in [-0.2, -0.15) is 0 Å². The van der Waals surface area contributed by atoms with E-state index in [2.05, 4.69) is 4.90 Å². The minimum absolute atomic E-state index is 0. The maximum absolute atomic E-state index is 11.1. The maximum atomic E-state index is 11.1. The summed E-state index contributed by atoms with van der Waals surface area (Å²) in [6, 6.07) is 11.1. The molecule has 0 aromatic heterocycles. The summed E-state index contributed by atoms with van der Waals surface area (Å²) in [5, 5.41) is 9.09. The zero-order valence-electron chi connectivity index (χ0n) is 14.2. The van der Waals surface area contributed by atoms with Crippen LogP contribution in [0.25, 0.3) is 0 Å². The first-order valence-electron chi connectivity index (χ1n) is 7.39. The molecule has 24 heavy (non-hydrogen) atoms.